The van der Waals surface area contributed by atoms with Crippen LogP contribution in [0, 0.1) is 0 Å². The summed E-state index contributed by atoms with van der Waals surface area (Å²) in [5.41, 5.74) is 2.98. The summed E-state index contributed by atoms with van der Waals surface area (Å²) < 4.78 is 7.72. The number of halogens is 2. The Hall–Kier alpha value is -1.63. The van der Waals surface area contributed by atoms with E-state index in [4.69, 9.17) is 32.9 Å². The zero-order chi connectivity index (χ0) is 19.3. The Kier molecular flexibility index (Phi) is 6.50. The SMILES string of the molecule is Clc1ccc(-c2csc(=Nc3ccccc3)n2CCN2CCOCC2)c(Cl)c1. The van der Waals surface area contributed by atoms with Gasteiger partial charge in [-0.15, -0.1) is 11.3 Å². The van der Waals surface area contributed by atoms with Gasteiger partial charge in [-0.05, 0) is 30.3 Å². The third kappa shape index (κ3) is 4.67. The molecule has 2 aromatic carbocycles. The van der Waals surface area contributed by atoms with Gasteiger partial charge in [0, 0.05) is 42.1 Å². The van der Waals surface area contributed by atoms with E-state index in [-0.39, 0.29) is 0 Å². The second kappa shape index (κ2) is 9.25. The van der Waals surface area contributed by atoms with Crippen LogP contribution in [0.4, 0.5) is 5.69 Å². The van der Waals surface area contributed by atoms with Crippen LogP contribution in [0.25, 0.3) is 11.3 Å². The molecule has 0 atom stereocenters. The summed E-state index contributed by atoms with van der Waals surface area (Å²) in [4.78, 5) is 8.25. The van der Waals surface area contributed by atoms with Gasteiger partial charge >= 0.3 is 0 Å². The quantitative estimate of drug-likeness (QED) is 0.560. The molecule has 1 aliphatic rings. The number of para-hydroxylation sites is 1. The van der Waals surface area contributed by atoms with Crippen LogP contribution in [0.15, 0.2) is 58.9 Å². The molecule has 3 aromatic rings. The van der Waals surface area contributed by atoms with E-state index in [1.165, 1.54) is 0 Å². The van der Waals surface area contributed by atoms with Crippen LogP contribution >= 0.6 is 34.5 Å². The second-order valence-electron chi connectivity index (χ2n) is 6.58. The Morgan fingerprint density at radius 2 is 1.79 bits per heavy atom. The molecule has 28 heavy (non-hydrogen) atoms. The van der Waals surface area contributed by atoms with Crippen molar-refractivity contribution in [2.45, 2.75) is 6.54 Å². The van der Waals surface area contributed by atoms with Gasteiger partial charge in [-0.2, -0.15) is 0 Å². The number of hydrogen-bond acceptors (Lipinski definition) is 4. The van der Waals surface area contributed by atoms with Crippen molar-refractivity contribution in [1.29, 1.82) is 0 Å². The van der Waals surface area contributed by atoms with Crippen LogP contribution in [-0.4, -0.2) is 42.3 Å². The minimum Gasteiger partial charge on any atom is -0.379 e. The first-order chi connectivity index (χ1) is 13.7. The highest BCUT2D eigenvalue weighted by molar-refractivity contribution is 7.07. The summed E-state index contributed by atoms with van der Waals surface area (Å²) in [5, 5.41) is 3.41. The van der Waals surface area contributed by atoms with Crippen LogP contribution in [-0.2, 0) is 11.3 Å². The number of rotatable bonds is 5. The summed E-state index contributed by atoms with van der Waals surface area (Å²) in [5.74, 6) is 0. The van der Waals surface area contributed by atoms with E-state index in [2.05, 4.69) is 14.8 Å². The van der Waals surface area contributed by atoms with Crippen LogP contribution in [0.3, 0.4) is 0 Å². The van der Waals surface area contributed by atoms with Crippen LogP contribution in [0.2, 0.25) is 10.0 Å². The van der Waals surface area contributed by atoms with Gasteiger partial charge in [0.25, 0.3) is 0 Å². The fourth-order valence-electron chi connectivity index (χ4n) is 3.23. The second-order valence-corrected chi connectivity index (χ2v) is 8.26. The minimum absolute atomic E-state index is 0.637. The average molecular weight is 434 g/mol. The summed E-state index contributed by atoms with van der Waals surface area (Å²) in [6.45, 7) is 5.31. The number of benzene rings is 2. The van der Waals surface area contributed by atoms with Gasteiger partial charge in [0.15, 0.2) is 4.80 Å². The number of morpholine rings is 1. The molecular weight excluding hydrogens is 413 g/mol. The molecule has 0 amide bonds. The van der Waals surface area contributed by atoms with Gasteiger partial charge in [-0.25, -0.2) is 4.99 Å². The number of ether oxygens (including phenoxy) is 1. The molecule has 0 radical (unpaired) electrons. The van der Waals surface area contributed by atoms with E-state index in [9.17, 15) is 0 Å². The molecule has 0 unspecified atom stereocenters. The number of aromatic nitrogens is 1. The summed E-state index contributed by atoms with van der Waals surface area (Å²) in [7, 11) is 0. The molecule has 1 aromatic heterocycles. The summed E-state index contributed by atoms with van der Waals surface area (Å²) in [6.07, 6.45) is 0. The molecule has 0 bridgehead atoms. The van der Waals surface area contributed by atoms with Gasteiger partial charge in [-0.1, -0.05) is 41.4 Å². The Balaban J connectivity index is 1.72. The molecular formula is C21H21Cl2N3OS. The normalized spacial score (nSPS) is 15.9. The third-order valence-corrected chi connectivity index (χ3v) is 6.14. The molecule has 0 saturated carbocycles. The predicted octanol–water partition coefficient (Wildman–Crippen LogP) is 5.09. The minimum atomic E-state index is 0.637. The average Bonchev–Trinajstić information content (AvgIpc) is 3.10. The van der Waals surface area contributed by atoms with E-state index in [1.54, 1.807) is 17.4 Å². The van der Waals surface area contributed by atoms with E-state index < -0.39 is 0 Å². The smallest absolute Gasteiger partial charge is 0.190 e. The van der Waals surface area contributed by atoms with Gasteiger partial charge in [-0.3, -0.25) is 4.90 Å². The lowest BCUT2D eigenvalue weighted by molar-refractivity contribution is 0.0363. The van der Waals surface area contributed by atoms with Crippen molar-refractivity contribution < 1.29 is 4.74 Å². The first kappa shape index (κ1) is 19.7. The highest BCUT2D eigenvalue weighted by Crippen LogP contribution is 2.31. The zero-order valence-corrected chi connectivity index (χ0v) is 17.7. The van der Waals surface area contributed by atoms with E-state index in [0.29, 0.717) is 10.0 Å². The van der Waals surface area contributed by atoms with Crippen molar-refractivity contribution in [2.24, 2.45) is 4.99 Å². The number of hydrogen-bond donors (Lipinski definition) is 0. The highest BCUT2D eigenvalue weighted by atomic mass is 35.5. The Morgan fingerprint density at radius 1 is 1.00 bits per heavy atom. The molecule has 0 aliphatic carbocycles. The van der Waals surface area contributed by atoms with Gasteiger partial charge in [0.1, 0.15) is 0 Å². The molecule has 2 heterocycles. The van der Waals surface area contributed by atoms with E-state index in [1.807, 2.05) is 42.5 Å². The molecule has 0 spiro atoms. The predicted molar refractivity (Wildman–Crippen MR) is 117 cm³/mol. The number of nitrogens with zero attached hydrogens (tertiary/aromatic N) is 3. The molecule has 1 fully saturated rings. The van der Waals surface area contributed by atoms with Crippen molar-refractivity contribution in [3.8, 4) is 11.3 Å². The van der Waals surface area contributed by atoms with Crippen LogP contribution < -0.4 is 4.80 Å². The zero-order valence-electron chi connectivity index (χ0n) is 15.4. The van der Waals surface area contributed by atoms with Crippen LogP contribution in [0.1, 0.15) is 0 Å². The standard InChI is InChI=1S/C21H21Cl2N3OS/c22-16-6-7-18(19(23)14-16)20-15-28-21(24-17-4-2-1-3-5-17)26(20)9-8-25-10-12-27-13-11-25/h1-7,14-15H,8-13H2. The summed E-state index contributed by atoms with van der Waals surface area (Å²) >= 11 is 14.2. The molecule has 4 rings (SSSR count). The molecule has 1 saturated heterocycles. The first-order valence-electron chi connectivity index (χ1n) is 9.24. The monoisotopic (exact) mass is 433 g/mol. The maximum Gasteiger partial charge on any atom is 0.190 e. The fraction of sp³-hybridized carbons (Fsp3) is 0.286. The Morgan fingerprint density at radius 3 is 2.54 bits per heavy atom. The van der Waals surface area contributed by atoms with E-state index >= 15 is 0 Å². The van der Waals surface area contributed by atoms with Gasteiger partial charge in [0.2, 0.25) is 0 Å². The lowest BCUT2D eigenvalue weighted by atomic mass is 10.1. The van der Waals surface area contributed by atoms with Crippen molar-refractivity contribution in [1.82, 2.24) is 9.47 Å². The molecule has 4 nitrogen and oxygen atoms in total. The summed E-state index contributed by atoms with van der Waals surface area (Å²) in [6, 6.07) is 15.7. The van der Waals surface area contributed by atoms with Crippen molar-refractivity contribution in [3.63, 3.8) is 0 Å². The lowest BCUT2D eigenvalue weighted by Gasteiger charge is -2.27. The van der Waals surface area contributed by atoms with Gasteiger partial charge in [0.05, 0.1) is 29.6 Å². The fourth-order valence-corrected chi connectivity index (χ4v) is 4.68. The Labute approximate surface area is 178 Å². The van der Waals surface area contributed by atoms with Crippen molar-refractivity contribution >= 4 is 40.2 Å². The van der Waals surface area contributed by atoms with Crippen LogP contribution in [0.5, 0.6) is 0 Å². The van der Waals surface area contributed by atoms with Gasteiger partial charge < -0.3 is 9.30 Å². The van der Waals surface area contributed by atoms with E-state index in [0.717, 1.165) is 61.1 Å². The highest BCUT2D eigenvalue weighted by Gasteiger charge is 2.15. The topological polar surface area (TPSA) is 29.8 Å². The molecule has 0 N–H and O–H groups in total. The maximum atomic E-state index is 6.50. The Bertz CT molecular complexity index is 994. The van der Waals surface area contributed by atoms with Crippen molar-refractivity contribution in [3.05, 3.63) is 68.8 Å². The molecule has 7 heteroatoms. The molecule has 1 aliphatic heterocycles. The largest absolute Gasteiger partial charge is 0.379 e. The third-order valence-electron chi connectivity index (χ3n) is 4.73. The molecule has 146 valence electrons. The lowest BCUT2D eigenvalue weighted by Crippen LogP contribution is -2.39. The maximum absolute atomic E-state index is 6.50. The number of thiazole rings is 1. The van der Waals surface area contributed by atoms with Crippen molar-refractivity contribution in [2.75, 3.05) is 32.8 Å². The first-order valence-corrected chi connectivity index (χ1v) is 10.9.